The van der Waals surface area contributed by atoms with Crippen LogP contribution < -0.4 is 5.73 Å². The molecular weight excluding hydrogens is 252 g/mol. The molecule has 0 aliphatic carbocycles. The van der Waals surface area contributed by atoms with E-state index in [0.29, 0.717) is 13.2 Å². The number of carbonyl (C=O) groups excluding carboxylic acids is 1. The number of rotatable bonds is 2. The first-order valence-corrected chi connectivity index (χ1v) is 7.15. The molecule has 0 aromatic heterocycles. The fourth-order valence-electron chi connectivity index (χ4n) is 2.62. The Kier molecular flexibility index (Phi) is 4.45. The number of ether oxygens (including phenoxy) is 1. The summed E-state index contributed by atoms with van der Waals surface area (Å²) in [6.45, 7) is 9.01. The summed E-state index contributed by atoms with van der Waals surface area (Å²) in [5.41, 5.74) is 9.31. The minimum absolute atomic E-state index is 0.00361. The average Bonchev–Trinajstić information content (AvgIpc) is 2.41. The lowest BCUT2D eigenvalue weighted by Gasteiger charge is -2.39. The third-order valence-electron chi connectivity index (χ3n) is 3.89. The van der Waals surface area contributed by atoms with Crippen molar-refractivity contribution in [3.05, 3.63) is 34.9 Å². The number of amides is 1. The molecule has 0 radical (unpaired) electrons. The van der Waals surface area contributed by atoms with Gasteiger partial charge in [-0.1, -0.05) is 23.8 Å². The number of aryl methyl sites for hydroxylation is 2. The first-order valence-electron chi connectivity index (χ1n) is 7.15. The number of benzene rings is 1. The topological polar surface area (TPSA) is 55.6 Å². The number of morpholine rings is 1. The van der Waals surface area contributed by atoms with Crippen LogP contribution in [-0.4, -0.2) is 36.0 Å². The van der Waals surface area contributed by atoms with Gasteiger partial charge in [0.25, 0.3) is 0 Å². The predicted molar refractivity (Wildman–Crippen MR) is 79.4 cm³/mol. The Morgan fingerprint density at radius 1 is 1.45 bits per heavy atom. The van der Waals surface area contributed by atoms with Crippen molar-refractivity contribution in [2.75, 3.05) is 13.2 Å². The molecule has 0 saturated carbocycles. The van der Waals surface area contributed by atoms with Gasteiger partial charge in [0.05, 0.1) is 25.2 Å². The van der Waals surface area contributed by atoms with Gasteiger partial charge in [-0.05, 0) is 38.8 Å². The van der Waals surface area contributed by atoms with E-state index in [1.54, 1.807) is 6.92 Å². The van der Waals surface area contributed by atoms with E-state index in [-0.39, 0.29) is 18.1 Å². The molecule has 4 nitrogen and oxygen atoms in total. The highest BCUT2D eigenvalue weighted by Crippen LogP contribution is 2.28. The second-order valence-electron chi connectivity index (χ2n) is 5.81. The minimum Gasteiger partial charge on any atom is -0.370 e. The summed E-state index contributed by atoms with van der Waals surface area (Å²) in [7, 11) is 0. The summed E-state index contributed by atoms with van der Waals surface area (Å²) >= 11 is 0. The molecule has 1 aliphatic rings. The van der Waals surface area contributed by atoms with Crippen molar-refractivity contribution in [2.24, 2.45) is 5.73 Å². The van der Waals surface area contributed by atoms with Crippen LogP contribution in [0, 0.1) is 13.8 Å². The largest absolute Gasteiger partial charge is 0.370 e. The maximum atomic E-state index is 12.2. The first kappa shape index (κ1) is 15.0. The van der Waals surface area contributed by atoms with E-state index in [9.17, 15) is 4.79 Å². The highest BCUT2D eigenvalue weighted by atomic mass is 16.5. The molecule has 1 aromatic rings. The second-order valence-corrected chi connectivity index (χ2v) is 5.81. The van der Waals surface area contributed by atoms with Gasteiger partial charge in [-0.3, -0.25) is 4.79 Å². The zero-order valence-corrected chi connectivity index (χ0v) is 12.7. The molecule has 1 saturated heterocycles. The molecule has 2 N–H and O–H groups in total. The lowest BCUT2D eigenvalue weighted by atomic mass is 9.98. The first-order chi connectivity index (χ1) is 9.40. The Morgan fingerprint density at radius 3 is 2.80 bits per heavy atom. The van der Waals surface area contributed by atoms with Crippen LogP contribution in [0.5, 0.6) is 0 Å². The molecule has 110 valence electrons. The molecule has 1 aromatic carbocycles. The van der Waals surface area contributed by atoms with Crippen LogP contribution in [0.15, 0.2) is 18.2 Å². The van der Waals surface area contributed by atoms with E-state index in [1.807, 2.05) is 11.8 Å². The molecule has 1 heterocycles. The van der Waals surface area contributed by atoms with E-state index in [0.717, 1.165) is 0 Å². The molecular formula is C16H24N2O2. The second kappa shape index (κ2) is 5.94. The maximum absolute atomic E-state index is 12.2. The third-order valence-corrected chi connectivity index (χ3v) is 3.89. The van der Waals surface area contributed by atoms with Crippen molar-refractivity contribution in [1.29, 1.82) is 0 Å². The van der Waals surface area contributed by atoms with Crippen molar-refractivity contribution in [1.82, 2.24) is 4.90 Å². The summed E-state index contributed by atoms with van der Waals surface area (Å²) in [6.07, 6.45) is -0.0613. The van der Waals surface area contributed by atoms with Crippen LogP contribution in [0.3, 0.4) is 0 Å². The van der Waals surface area contributed by atoms with Crippen LogP contribution in [0.1, 0.15) is 36.6 Å². The van der Waals surface area contributed by atoms with E-state index in [4.69, 9.17) is 10.5 Å². The van der Waals surface area contributed by atoms with Crippen molar-refractivity contribution >= 4 is 5.91 Å². The van der Waals surface area contributed by atoms with Gasteiger partial charge in [0.15, 0.2) is 0 Å². The average molecular weight is 276 g/mol. The smallest absolute Gasteiger partial charge is 0.239 e. The lowest BCUT2D eigenvalue weighted by Crippen LogP contribution is -2.52. The molecule has 0 unspecified atom stereocenters. The van der Waals surface area contributed by atoms with Crippen molar-refractivity contribution in [3.63, 3.8) is 0 Å². The van der Waals surface area contributed by atoms with Gasteiger partial charge in [-0.2, -0.15) is 0 Å². The summed E-state index contributed by atoms with van der Waals surface area (Å²) in [5.74, 6) is -0.00361. The summed E-state index contributed by atoms with van der Waals surface area (Å²) in [4.78, 5) is 14.0. The molecule has 20 heavy (non-hydrogen) atoms. The Hall–Kier alpha value is -1.39. The zero-order valence-electron chi connectivity index (χ0n) is 12.7. The van der Waals surface area contributed by atoms with Gasteiger partial charge in [-0.25, -0.2) is 0 Å². The molecule has 1 aliphatic heterocycles. The van der Waals surface area contributed by atoms with E-state index < -0.39 is 6.04 Å². The Morgan fingerprint density at radius 2 is 2.15 bits per heavy atom. The minimum atomic E-state index is -0.463. The van der Waals surface area contributed by atoms with E-state index >= 15 is 0 Å². The van der Waals surface area contributed by atoms with Crippen LogP contribution >= 0.6 is 0 Å². The molecule has 0 spiro atoms. The number of nitrogens with two attached hydrogens (primary N) is 1. The SMILES string of the molecule is Cc1ccc(C)c([C@@H]2CN(C(=O)[C@H](C)N)[C@@H](C)CO2)c1. The summed E-state index contributed by atoms with van der Waals surface area (Å²) < 4.78 is 5.94. The van der Waals surface area contributed by atoms with Crippen LogP contribution in [-0.2, 0) is 9.53 Å². The fraction of sp³-hybridized carbons (Fsp3) is 0.562. The third kappa shape index (κ3) is 3.02. The Balaban J connectivity index is 2.22. The van der Waals surface area contributed by atoms with Gasteiger partial charge in [0, 0.05) is 0 Å². The van der Waals surface area contributed by atoms with E-state index in [1.165, 1.54) is 16.7 Å². The molecule has 3 atom stereocenters. The number of hydrogen-bond acceptors (Lipinski definition) is 3. The van der Waals surface area contributed by atoms with Gasteiger partial charge in [0.1, 0.15) is 6.10 Å². The summed E-state index contributed by atoms with van der Waals surface area (Å²) in [5, 5.41) is 0. The fourth-order valence-corrected chi connectivity index (χ4v) is 2.62. The lowest BCUT2D eigenvalue weighted by molar-refractivity contribution is -0.145. The van der Waals surface area contributed by atoms with Gasteiger partial charge in [-0.15, -0.1) is 0 Å². The van der Waals surface area contributed by atoms with Crippen LogP contribution in [0.2, 0.25) is 0 Å². The van der Waals surface area contributed by atoms with E-state index in [2.05, 4.69) is 32.0 Å². The highest BCUT2D eigenvalue weighted by molar-refractivity contribution is 5.81. The number of hydrogen-bond donors (Lipinski definition) is 1. The molecule has 1 fully saturated rings. The number of carbonyl (C=O) groups is 1. The zero-order chi connectivity index (χ0) is 14.9. The van der Waals surface area contributed by atoms with Crippen molar-refractivity contribution < 1.29 is 9.53 Å². The normalized spacial score (nSPS) is 24.6. The predicted octanol–water partition coefficient (Wildman–Crippen LogP) is 1.94. The molecule has 2 rings (SSSR count). The van der Waals surface area contributed by atoms with Gasteiger partial charge < -0.3 is 15.4 Å². The molecule has 1 amide bonds. The maximum Gasteiger partial charge on any atom is 0.239 e. The van der Waals surface area contributed by atoms with Crippen molar-refractivity contribution in [2.45, 2.75) is 45.9 Å². The van der Waals surface area contributed by atoms with Gasteiger partial charge in [0.2, 0.25) is 5.91 Å². The van der Waals surface area contributed by atoms with Crippen molar-refractivity contribution in [3.8, 4) is 0 Å². The standard InChI is InChI=1S/C16H24N2O2/c1-10-5-6-11(2)14(7-10)15-8-18(12(3)9-20-15)16(19)13(4)17/h5-7,12-13,15H,8-9,17H2,1-4H3/t12-,13-,15-/m0/s1. The number of nitrogens with zero attached hydrogens (tertiary/aromatic N) is 1. The monoisotopic (exact) mass is 276 g/mol. The molecule has 4 heteroatoms. The van der Waals surface area contributed by atoms with Gasteiger partial charge >= 0.3 is 0 Å². The van der Waals surface area contributed by atoms with Crippen LogP contribution in [0.4, 0.5) is 0 Å². The van der Waals surface area contributed by atoms with Crippen LogP contribution in [0.25, 0.3) is 0 Å². The molecule has 0 bridgehead atoms. The summed E-state index contributed by atoms with van der Waals surface area (Å²) in [6, 6.07) is 5.95. The Bertz CT molecular complexity index is 499. The Labute approximate surface area is 120 Å². The quantitative estimate of drug-likeness (QED) is 0.898. The highest BCUT2D eigenvalue weighted by Gasteiger charge is 2.32.